The van der Waals surface area contributed by atoms with Gasteiger partial charge in [0, 0.05) is 56.8 Å². The molecule has 2 fully saturated rings. The van der Waals surface area contributed by atoms with Crippen molar-refractivity contribution in [2.24, 2.45) is 0 Å². The number of quaternary nitrogens is 1. The lowest BCUT2D eigenvalue weighted by Gasteiger charge is -2.36. The second-order valence-corrected chi connectivity index (χ2v) is 8.07. The van der Waals surface area contributed by atoms with Gasteiger partial charge >= 0.3 is 0 Å². The SMILES string of the molecule is Cc1cccc(N2CCN(CCc3ccc(C4CCC[NH+]4[O-])cc3)CC2)c1. The van der Waals surface area contributed by atoms with Crippen LogP contribution in [-0.2, 0) is 6.42 Å². The Morgan fingerprint density at radius 2 is 1.81 bits per heavy atom. The topological polar surface area (TPSA) is 34.0 Å². The Morgan fingerprint density at radius 3 is 2.48 bits per heavy atom. The van der Waals surface area contributed by atoms with Crippen LogP contribution in [0, 0.1) is 12.1 Å². The molecule has 4 rings (SSSR count). The molecule has 0 spiro atoms. The summed E-state index contributed by atoms with van der Waals surface area (Å²) in [6.07, 6.45) is 3.17. The molecule has 1 N–H and O–H groups in total. The molecular weight excluding hydrogens is 334 g/mol. The van der Waals surface area contributed by atoms with Crippen LogP contribution in [0.4, 0.5) is 5.69 Å². The van der Waals surface area contributed by atoms with E-state index in [1.807, 2.05) is 0 Å². The molecule has 2 aliphatic rings. The zero-order chi connectivity index (χ0) is 18.6. The molecule has 0 aromatic heterocycles. The van der Waals surface area contributed by atoms with Gasteiger partial charge in [-0.2, -0.15) is 0 Å². The fraction of sp³-hybridized carbons (Fsp3) is 0.478. The molecule has 2 aromatic rings. The van der Waals surface area contributed by atoms with Gasteiger partial charge in [-0.25, -0.2) is 0 Å². The second-order valence-electron chi connectivity index (χ2n) is 8.07. The number of nitrogens with zero attached hydrogens (tertiary/aromatic N) is 2. The lowest BCUT2D eigenvalue weighted by molar-refractivity contribution is -0.867. The summed E-state index contributed by atoms with van der Waals surface area (Å²) in [5, 5.41) is 12.4. The zero-order valence-corrected chi connectivity index (χ0v) is 16.4. The van der Waals surface area contributed by atoms with Gasteiger partial charge in [0.05, 0.1) is 6.54 Å². The first-order chi connectivity index (χ1) is 13.2. The molecule has 0 bridgehead atoms. The lowest BCUT2D eigenvalue weighted by atomic mass is 10.0. The van der Waals surface area contributed by atoms with Crippen LogP contribution in [0.1, 0.15) is 35.6 Å². The molecule has 2 heterocycles. The minimum atomic E-state index is 0.161. The number of aryl methyl sites for hydroxylation is 1. The average molecular weight is 366 g/mol. The molecule has 2 unspecified atom stereocenters. The van der Waals surface area contributed by atoms with E-state index in [9.17, 15) is 5.21 Å². The van der Waals surface area contributed by atoms with Crippen LogP contribution in [0.5, 0.6) is 0 Å². The highest BCUT2D eigenvalue weighted by Crippen LogP contribution is 2.20. The van der Waals surface area contributed by atoms with Crippen molar-refractivity contribution in [2.75, 3.05) is 44.2 Å². The number of piperazine rings is 1. The molecule has 2 saturated heterocycles. The first-order valence-corrected chi connectivity index (χ1v) is 10.3. The van der Waals surface area contributed by atoms with Crippen molar-refractivity contribution in [1.29, 1.82) is 0 Å². The summed E-state index contributed by atoms with van der Waals surface area (Å²) in [5.74, 6) is 0. The molecule has 0 saturated carbocycles. The molecule has 0 amide bonds. The predicted molar refractivity (Wildman–Crippen MR) is 111 cm³/mol. The summed E-state index contributed by atoms with van der Waals surface area (Å²) in [6.45, 7) is 8.50. The summed E-state index contributed by atoms with van der Waals surface area (Å²) >= 11 is 0. The van der Waals surface area contributed by atoms with Crippen LogP contribution in [0.15, 0.2) is 48.5 Å². The monoisotopic (exact) mass is 365 g/mol. The molecule has 2 atom stereocenters. The summed E-state index contributed by atoms with van der Waals surface area (Å²) in [4.78, 5) is 5.07. The number of nitrogens with one attached hydrogen (secondary N) is 1. The van der Waals surface area contributed by atoms with Crippen molar-refractivity contribution in [3.05, 3.63) is 70.4 Å². The summed E-state index contributed by atoms with van der Waals surface area (Å²) < 4.78 is 0. The van der Waals surface area contributed by atoms with Gasteiger partial charge in [0.1, 0.15) is 6.04 Å². The fourth-order valence-corrected chi connectivity index (χ4v) is 4.43. The van der Waals surface area contributed by atoms with E-state index in [1.54, 1.807) is 0 Å². The first-order valence-electron chi connectivity index (χ1n) is 10.3. The van der Waals surface area contributed by atoms with Crippen molar-refractivity contribution < 1.29 is 5.06 Å². The van der Waals surface area contributed by atoms with Gasteiger partial charge in [0.2, 0.25) is 0 Å². The number of rotatable bonds is 5. The second kappa shape index (κ2) is 8.42. The number of hydrogen-bond acceptors (Lipinski definition) is 3. The fourth-order valence-electron chi connectivity index (χ4n) is 4.43. The number of benzene rings is 2. The van der Waals surface area contributed by atoms with E-state index in [1.165, 1.54) is 22.4 Å². The van der Waals surface area contributed by atoms with Crippen LogP contribution in [0.3, 0.4) is 0 Å². The smallest absolute Gasteiger partial charge is 0.113 e. The van der Waals surface area contributed by atoms with Crippen molar-refractivity contribution >= 4 is 5.69 Å². The van der Waals surface area contributed by atoms with Crippen molar-refractivity contribution in [2.45, 2.75) is 32.2 Å². The Labute approximate surface area is 163 Å². The molecule has 2 aromatic carbocycles. The van der Waals surface area contributed by atoms with E-state index < -0.39 is 0 Å². The third-order valence-corrected chi connectivity index (χ3v) is 6.14. The van der Waals surface area contributed by atoms with Gasteiger partial charge in [0.15, 0.2) is 0 Å². The largest absolute Gasteiger partial charge is 0.634 e. The van der Waals surface area contributed by atoms with Crippen molar-refractivity contribution in [3.63, 3.8) is 0 Å². The van der Waals surface area contributed by atoms with E-state index in [4.69, 9.17) is 0 Å². The maximum Gasteiger partial charge on any atom is 0.113 e. The Morgan fingerprint density at radius 1 is 1.04 bits per heavy atom. The average Bonchev–Trinajstić information content (AvgIpc) is 3.13. The minimum Gasteiger partial charge on any atom is -0.634 e. The Hall–Kier alpha value is -1.88. The number of hydroxylamine groups is 2. The highest BCUT2D eigenvalue weighted by atomic mass is 16.5. The highest BCUT2D eigenvalue weighted by molar-refractivity contribution is 5.48. The van der Waals surface area contributed by atoms with E-state index >= 15 is 0 Å². The lowest BCUT2D eigenvalue weighted by Crippen LogP contribution is -3.05. The standard InChI is InChI=1S/C23H31N3O/c1-19-4-2-5-22(18-19)25-16-14-24(15-17-25)13-11-20-7-9-21(10-8-20)23-6-3-12-26(23)27/h2,4-5,7-10,18,23,26H,3,6,11-17H2,1H3. The maximum atomic E-state index is 11.9. The molecule has 4 nitrogen and oxygen atoms in total. The van der Waals surface area contributed by atoms with Crippen LogP contribution < -0.4 is 9.96 Å². The molecule has 2 aliphatic heterocycles. The highest BCUT2D eigenvalue weighted by Gasteiger charge is 2.24. The van der Waals surface area contributed by atoms with Gasteiger partial charge in [-0.05, 0) is 36.6 Å². The van der Waals surface area contributed by atoms with Gasteiger partial charge in [0.25, 0.3) is 0 Å². The zero-order valence-electron chi connectivity index (χ0n) is 16.4. The molecule has 144 valence electrons. The molecule has 0 aliphatic carbocycles. The van der Waals surface area contributed by atoms with Gasteiger partial charge in [-0.15, -0.1) is 0 Å². The maximum absolute atomic E-state index is 11.9. The van der Waals surface area contributed by atoms with Crippen LogP contribution in [-0.4, -0.2) is 44.2 Å². The van der Waals surface area contributed by atoms with Gasteiger partial charge in [-0.1, -0.05) is 36.4 Å². The molecule has 0 radical (unpaired) electrons. The van der Waals surface area contributed by atoms with E-state index in [-0.39, 0.29) is 6.04 Å². The summed E-state index contributed by atoms with van der Waals surface area (Å²) in [6, 6.07) is 17.8. The minimum absolute atomic E-state index is 0.161. The Balaban J connectivity index is 1.25. The van der Waals surface area contributed by atoms with E-state index in [0.717, 1.165) is 58.5 Å². The molecule has 27 heavy (non-hydrogen) atoms. The quantitative estimate of drug-likeness (QED) is 0.827. The molecular formula is C23H31N3O. The first kappa shape index (κ1) is 18.5. The normalized spacial score (nSPS) is 23.7. The third kappa shape index (κ3) is 4.52. The summed E-state index contributed by atoms with van der Waals surface area (Å²) in [7, 11) is 0. The van der Waals surface area contributed by atoms with Crippen molar-refractivity contribution in [3.8, 4) is 0 Å². The van der Waals surface area contributed by atoms with Crippen LogP contribution in [0.25, 0.3) is 0 Å². The number of hydrogen-bond donors (Lipinski definition) is 1. The predicted octanol–water partition coefficient (Wildman–Crippen LogP) is 2.58. The third-order valence-electron chi connectivity index (χ3n) is 6.14. The van der Waals surface area contributed by atoms with Gasteiger partial charge in [-0.3, -0.25) is 4.90 Å². The van der Waals surface area contributed by atoms with Crippen LogP contribution in [0.2, 0.25) is 0 Å². The number of anilines is 1. The molecule has 4 heteroatoms. The van der Waals surface area contributed by atoms with Crippen molar-refractivity contribution in [1.82, 2.24) is 4.90 Å². The summed E-state index contributed by atoms with van der Waals surface area (Å²) in [5.41, 5.74) is 5.28. The van der Waals surface area contributed by atoms with E-state index in [2.05, 4.69) is 65.3 Å². The van der Waals surface area contributed by atoms with E-state index in [0.29, 0.717) is 5.06 Å². The van der Waals surface area contributed by atoms with Crippen LogP contribution >= 0.6 is 0 Å². The Kier molecular flexibility index (Phi) is 5.77. The van der Waals surface area contributed by atoms with Gasteiger partial charge < -0.3 is 15.2 Å². The Bertz CT molecular complexity index is 738.